The van der Waals surface area contributed by atoms with Gasteiger partial charge in [-0.05, 0) is 35.9 Å². The van der Waals surface area contributed by atoms with Crippen LogP contribution in [0, 0.1) is 0 Å². The lowest BCUT2D eigenvalue weighted by Crippen LogP contribution is -2.18. The van der Waals surface area contributed by atoms with Crippen LogP contribution in [0.3, 0.4) is 0 Å². The Balaban J connectivity index is 1.99. The summed E-state index contributed by atoms with van der Waals surface area (Å²) in [7, 11) is 3.13. The van der Waals surface area contributed by atoms with E-state index in [9.17, 15) is 9.59 Å². The molecule has 2 aromatic rings. The molecule has 0 aliphatic rings. The minimum Gasteiger partial charge on any atom is -0.497 e. The number of benzene rings is 2. The molecule has 0 heterocycles. The van der Waals surface area contributed by atoms with E-state index in [1.807, 2.05) is 0 Å². The lowest BCUT2D eigenvalue weighted by atomic mass is 10.1. The van der Waals surface area contributed by atoms with E-state index < -0.39 is 5.97 Å². The molecule has 132 valence electrons. The molecule has 0 unspecified atom stereocenters. The van der Waals surface area contributed by atoms with Crippen LogP contribution in [0.15, 0.2) is 42.5 Å². The fourth-order valence-electron chi connectivity index (χ4n) is 2.21. The van der Waals surface area contributed by atoms with E-state index in [1.165, 1.54) is 6.92 Å². The first-order valence-electron chi connectivity index (χ1n) is 7.75. The van der Waals surface area contributed by atoms with Crippen molar-refractivity contribution in [2.75, 3.05) is 14.2 Å². The molecule has 0 aliphatic heterocycles. The normalized spacial score (nSPS) is 10.0. The third-order valence-corrected chi connectivity index (χ3v) is 3.58. The van der Waals surface area contributed by atoms with Gasteiger partial charge >= 0.3 is 5.97 Å². The van der Waals surface area contributed by atoms with Crippen molar-refractivity contribution >= 4 is 11.9 Å². The van der Waals surface area contributed by atoms with Gasteiger partial charge in [0.25, 0.3) is 0 Å². The molecular weight excluding hydrogens is 322 g/mol. The molecule has 0 aromatic heterocycles. The smallest absolute Gasteiger partial charge is 0.338 e. The van der Waals surface area contributed by atoms with Crippen molar-refractivity contribution in [3.8, 4) is 11.5 Å². The van der Waals surface area contributed by atoms with Crippen LogP contribution >= 0.6 is 0 Å². The van der Waals surface area contributed by atoms with E-state index in [-0.39, 0.29) is 12.5 Å². The molecule has 0 saturated heterocycles. The standard InChI is InChI=1S/C19H21NO5/c1-13(21)20-11-14-4-6-15(7-5-14)19(22)25-12-16-10-17(23-2)8-9-18(16)24-3/h4-10H,11-12H2,1-3H3,(H,20,21). The number of carbonyl (C=O) groups excluding carboxylic acids is 2. The first-order valence-corrected chi connectivity index (χ1v) is 7.75. The van der Waals surface area contributed by atoms with Crippen LogP contribution in [0.5, 0.6) is 11.5 Å². The summed E-state index contributed by atoms with van der Waals surface area (Å²) in [6.07, 6.45) is 0. The molecule has 0 fully saturated rings. The molecule has 0 saturated carbocycles. The predicted molar refractivity (Wildman–Crippen MR) is 92.6 cm³/mol. The van der Waals surface area contributed by atoms with Crippen molar-refractivity contribution in [1.82, 2.24) is 5.32 Å². The van der Waals surface area contributed by atoms with Gasteiger partial charge in [-0.15, -0.1) is 0 Å². The molecule has 0 aliphatic carbocycles. The van der Waals surface area contributed by atoms with E-state index in [2.05, 4.69) is 5.32 Å². The lowest BCUT2D eigenvalue weighted by Gasteiger charge is -2.11. The van der Waals surface area contributed by atoms with Gasteiger partial charge in [0, 0.05) is 19.0 Å². The van der Waals surface area contributed by atoms with Gasteiger partial charge in [-0.3, -0.25) is 4.79 Å². The highest BCUT2D eigenvalue weighted by molar-refractivity contribution is 5.89. The summed E-state index contributed by atoms with van der Waals surface area (Å²) in [5, 5.41) is 2.70. The summed E-state index contributed by atoms with van der Waals surface area (Å²) in [6.45, 7) is 1.96. The van der Waals surface area contributed by atoms with Crippen molar-refractivity contribution in [3.05, 3.63) is 59.2 Å². The molecule has 6 nitrogen and oxygen atoms in total. The number of amides is 1. The average molecular weight is 343 g/mol. The molecule has 2 aromatic carbocycles. The number of ether oxygens (including phenoxy) is 3. The van der Waals surface area contributed by atoms with Crippen molar-refractivity contribution < 1.29 is 23.8 Å². The van der Waals surface area contributed by atoms with E-state index in [0.29, 0.717) is 23.6 Å². The highest BCUT2D eigenvalue weighted by atomic mass is 16.5. The molecule has 0 atom stereocenters. The van der Waals surface area contributed by atoms with E-state index in [4.69, 9.17) is 14.2 Å². The Morgan fingerprint density at radius 1 is 1.00 bits per heavy atom. The van der Waals surface area contributed by atoms with Crippen molar-refractivity contribution in [1.29, 1.82) is 0 Å². The molecule has 0 spiro atoms. The molecule has 25 heavy (non-hydrogen) atoms. The molecule has 0 bridgehead atoms. The van der Waals surface area contributed by atoms with Gasteiger partial charge < -0.3 is 19.5 Å². The minimum absolute atomic E-state index is 0.0762. The largest absolute Gasteiger partial charge is 0.497 e. The van der Waals surface area contributed by atoms with Gasteiger partial charge in [0.05, 0.1) is 19.8 Å². The number of rotatable bonds is 7. The average Bonchev–Trinajstić information content (AvgIpc) is 2.64. The number of hydrogen-bond donors (Lipinski definition) is 1. The summed E-state index contributed by atoms with van der Waals surface area (Å²) in [4.78, 5) is 23.1. The second kappa shape index (κ2) is 8.73. The van der Waals surface area contributed by atoms with Gasteiger partial charge in [-0.25, -0.2) is 4.79 Å². The first-order chi connectivity index (χ1) is 12.0. The van der Waals surface area contributed by atoms with Crippen LogP contribution < -0.4 is 14.8 Å². The third-order valence-electron chi connectivity index (χ3n) is 3.58. The summed E-state index contributed by atoms with van der Waals surface area (Å²) in [5.74, 6) is 0.750. The van der Waals surface area contributed by atoms with Gasteiger partial charge in [-0.1, -0.05) is 12.1 Å². The SMILES string of the molecule is COc1ccc(OC)c(COC(=O)c2ccc(CNC(C)=O)cc2)c1. The zero-order valence-corrected chi connectivity index (χ0v) is 14.5. The Hall–Kier alpha value is -3.02. The Kier molecular flexibility index (Phi) is 6.39. The predicted octanol–water partition coefficient (Wildman–Crippen LogP) is 2.70. The Morgan fingerprint density at radius 2 is 1.72 bits per heavy atom. The number of methoxy groups -OCH3 is 2. The Morgan fingerprint density at radius 3 is 2.32 bits per heavy atom. The maximum Gasteiger partial charge on any atom is 0.338 e. The summed E-state index contributed by atoms with van der Waals surface area (Å²) in [6, 6.07) is 12.2. The molecule has 0 radical (unpaired) electrons. The van der Waals surface area contributed by atoms with Crippen molar-refractivity contribution in [3.63, 3.8) is 0 Å². The number of esters is 1. The van der Waals surface area contributed by atoms with Gasteiger partial charge in [-0.2, -0.15) is 0 Å². The van der Waals surface area contributed by atoms with Crippen molar-refractivity contribution in [2.45, 2.75) is 20.1 Å². The molecule has 1 amide bonds. The zero-order chi connectivity index (χ0) is 18.2. The van der Waals surface area contributed by atoms with E-state index in [0.717, 1.165) is 11.1 Å². The van der Waals surface area contributed by atoms with Crippen LogP contribution in [0.4, 0.5) is 0 Å². The van der Waals surface area contributed by atoms with Crippen LogP contribution in [-0.2, 0) is 22.7 Å². The van der Waals surface area contributed by atoms with Gasteiger partial charge in [0.1, 0.15) is 18.1 Å². The van der Waals surface area contributed by atoms with Crippen LogP contribution in [0.1, 0.15) is 28.4 Å². The van der Waals surface area contributed by atoms with Crippen molar-refractivity contribution in [2.24, 2.45) is 0 Å². The number of nitrogens with one attached hydrogen (secondary N) is 1. The number of carbonyl (C=O) groups is 2. The zero-order valence-electron chi connectivity index (χ0n) is 14.5. The highest BCUT2D eigenvalue weighted by Gasteiger charge is 2.11. The van der Waals surface area contributed by atoms with Gasteiger partial charge in [0.2, 0.25) is 5.91 Å². The molecule has 6 heteroatoms. The quantitative estimate of drug-likeness (QED) is 0.783. The second-order valence-electron chi connectivity index (χ2n) is 5.36. The highest BCUT2D eigenvalue weighted by Crippen LogP contribution is 2.24. The fourth-order valence-corrected chi connectivity index (χ4v) is 2.21. The maximum absolute atomic E-state index is 12.2. The second-order valence-corrected chi connectivity index (χ2v) is 5.36. The van der Waals surface area contributed by atoms with Gasteiger partial charge in [0.15, 0.2) is 0 Å². The topological polar surface area (TPSA) is 73.9 Å². The Labute approximate surface area is 146 Å². The molecular formula is C19H21NO5. The van der Waals surface area contributed by atoms with E-state index in [1.54, 1.807) is 56.7 Å². The third kappa shape index (κ3) is 5.24. The Bertz CT molecular complexity index is 740. The fraction of sp³-hybridized carbons (Fsp3) is 0.263. The summed E-state index contributed by atoms with van der Waals surface area (Å²) >= 11 is 0. The van der Waals surface area contributed by atoms with E-state index >= 15 is 0 Å². The van der Waals surface area contributed by atoms with Crippen LogP contribution in [0.25, 0.3) is 0 Å². The van der Waals surface area contributed by atoms with Crippen LogP contribution in [-0.4, -0.2) is 26.1 Å². The summed E-state index contributed by atoms with van der Waals surface area (Å²) < 4.78 is 15.8. The maximum atomic E-state index is 12.2. The summed E-state index contributed by atoms with van der Waals surface area (Å²) in [5.41, 5.74) is 2.06. The number of hydrogen-bond acceptors (Lipinski definition) is 5. The minimum atomic E-state index is -0.434. The monoisotopic (exact) mass is 343 g/mol. The molecule has 1 N–H and O–H groups in total. The lowest BCUT2D eigenvalue weighted by molar-refractivity contribution is -0.119. The van der Waals surface area contributed by atoms with Crippen LogP contribution in [0.2, 0.25) is 0 Å². The first kappa shape index (κ1) is 18.3. The molecule has 2 rings (SSSR count).